The third-order valence-corrected chi connectivity index (χ3v) is 4.97. The Labute approximate surface area is 163 Å². The first-order chi connectivity index (χ1) is 13.4. The Morgan fingerprint density at radius 1 is 1.39 bits per heavy atom. The molecule has 1 spiro atoms. The van der Waals surface area contributed by atoms with E-state index in [9.17, 15) is 14.7 Å². The zero-order valence-corrected chi connectivity index (χ0v) is 15.4. The zero-order valence-electron chi connectivity index (χ0n) is 14.7. The van der Waals surface area contributed by atoms with Gasteiger partial charge in [-0.3, -0.25) is 9.59 Å². The van der Waals surface area contributed by atoms with E-state index in [4.69, 9.17) is 30.7 Å². The number of aryl methyl sites for hydroxylation is 1. The average molecular weight is 407 g/mol. The van der Waals surface area contributed by atoms with Crippen molar-refractivity contribution in [2.75, 3.05) is 13.2 Å². The normalized spacial score (nSPS) is 20.9. The molecule has 1 aliphatic carbocycles. The molecule has 0 bridgehead atoms. The predicted octanol–water partition coefficient (Wildman–Crippen LogP) is 2.19. The minimum atomic E-state index is -1.74. The van der Waals surface area contributed by atoms with Gasteiger partial charge < -0.3 is 24.2 Å². The monoisotopic (exact) mass is 406 g/mol. The molecule has 2 aromatic rings. The van der Waals surface area contributed by atoms with E-state index in [1.807, 2.05) is 0 Å². The number of hydrogen-bond acceptors (Lipinski definition) is 9. The molecular formula is C18H15ClN2O7. The quantitative estimate of drug-likeness (QED) is 0.783. The van der Waals surface area contributed by atoms with Gasteiger partial charge >= 0.3 is 0 Å². The number of ether oxygens (including phenoxy) is 2. The first-order valence-electron chi connectivity index (χ1n) is 8.46. The van der Waals surface area contributed by atoms with Crippen LogP contribution in [0.3, 0.4) is 0 Å². The number of allylic oxidation sites excluding steroid dienone is 1. The van der Waals surface area contributed by atoms with Crippen molar-refractivity contribution in [1.82, 2.24) is 10.1 Å². The van der Waals surface area contributed by atoms with E-state index >= 15 is 0 Å². The third-order valence-electron chi connectivity index (χ3n) is 4.60. The number of carbonyl (C=O) groups excluding carboxylic acids is 2. The average Bonchev–Trinajstić information content (AvgIpc) is 3.21. The predicted molar refractivity (Wildman–Crippen MR) is 94.7 cm³/mol. The topological polar surface area (TPSA) is 132 Å². The highest BCUT2D eigenvalue weighted by Crippen LogP contribution is 2.52. The number of fused-ring (bicyclic) bond motifs is 1. The van der Waals surface area contributed by atoms with Gasteiger partial charge in [0.2, 0.25) is 11.4 Å². The maximum Gasteiger partial charge on any atom is 0.259 e. The highest BCUT2D eigenvalue weighted by atomic mass is 35.5. The molecule has 1 aromatic heterocycles. The third kappa shape index (κ3) is 2.66. The van der Waals surface area contributed by atoms with E-state index in [1.54, 1.807) is 6.92 Å². The summed E-state index contributed by atoms with van der Waals surface area (Å²) in [5, 5.41) is 23.2. The van der Waals surface area contributed by atoms with Crippen molar-refractivity contribution >= 4 is 23.2 Å². The van der Waals surface area contributed by atoms with Gasteiger partial charge in [0, 0.05) is 18.9 Å². The van der Waals surface area contributed by atoms with Gasteiger partial charge in [0.05, 0.1) is 17.2 Å². The van der Waals surface area contributed by atoms with Gasteiger partial charge in [-0.05, 0) is 13.0 Å². The fourth-order valence-electron chi connectivity index (χ4n) is 3.28. The highest BCUT2D eigenvalue weighted by Gasteiger charge is 2.55. The van der Waals surface area contributed by atoms with Crippen LogP contribution in [0.25, 0.3) is 11.5 Å². The van der Waals surface area contributed by atoms with Crippen LogP contribution in [0.2, 0.25) is 5.02 Å². The van der Waals surface area contributed by atoms with Gasteiger partial charge in [-0.25, -0.2) is 0 Å². The van der Waals surface area contributed by atoms with Crippen LogP contribution in [0, 0.1) is 6.92 Å². The molecule has 0 amide bonds. The number of nitrogens with zero attached hydrogens (tertiary/aromatic N) is 2. The Balaban J connectivity index is 1.90. The van der Waals surface area contributed by atoms with Crippen LogP contribution >= 0.6 is 11.6 Å². The molecule has 9 nitrogen and oxygen atoms in total. The number of aliphatic hydroxyl groups excluding tert-OH is 2. The number of Topliss-reactive ketones (excluding diaryl/α,β-unsaturated/α-hetero) is 1. The molecule has 4 rings (SSSR count). The summed E-state index contributed by atoms with van der Waals surface area (Å²) in [4.78, 5) is 28.9. The van der Waals surface area contributed by atoms with Crippen molar-refractivity contribution < 1.29 is 33.8 Å². The Kier molecular flexibility index (Phi) is 4.35. The molecule has 1 aliphatic heterocycles. The van der Waals surface area contributed by atoms with Gasteiger partial charge in [-0.1, -0.05) is 16.8 Å². The summed E-state index contributed by atoms with van der Waals surface area (Å²) in [6.07, 6.45) is 0.980. The molecule has 0 radical (unpaired) electrons. The Morgan fingerprint density at radius 2 is 2.18 bits per heavy atom. The number of hydrogen-bond donors (Lipinski definition) is 2. The lowest BCUT2D eigenvalue weighted by molar-refractivity contribution is -0.116. The van der Waals surface area contributed by atoms with Crippen molar-refractivity contribution in [3.05, 3.63) is 34.3 Å². The Morgan fingerprint density at radius 3 is 2.82 bits per heavy atom. The summed E-state index contributed by atoms with van der Waals surface area (Å²) in [6.45, 7) is 1.26. The van der Waals surface area contributed by atoms with E-state index in [0.717, 1.165) is 6.08 Å². The molecule has 2 heterocycles. The summed E-state index contributed by atoms with van der Waals surface area (Å²) in [6, 6.07) is 1.44. The van der Waals surface area contributed by atoms with Crippen molar-refractivity contribution in [3.8, 4) is 23.0 Å². The number of aromatic nitrogens is 2. The molecule has 0 fully saturated rings. The van der Waals surface area contributed by atoms with Gasteiger partial charge in [-0.2, -0.15) is 4.98 Å². The van der Waals surface area contributed by atoms with Crippen LogP contribution in [0.1, 0.15) is 29.0 Å². The lowest BCUT2D eigenvalue weighted by Gasteiger charge is -2.28. The lowest BCUT2D eigenvalue weighted by atomic mass is 9.83. The van der Waals surface area contributed by atoms with Crippen LogP contribution in [0.5, 0.6) is 11.5 Å². The molecule has 2 N–H and O–H groups in total. The van der Waals surface area contributed by atoms with Crippen LogP contribution in [-0.4, -0.2) is 50.7 Å². The largest absolute Gasteiger partial charge is 0.507 e. The van der Waals surface area contributed by atoms with Gasteiger partial charge in [-0.15, -0.1) is 0 Å². The number of halogens is 1. The smallest absolute Gasteiger partial charge is 0.259 e. The van der Waals surface area contributed by atoms with Gasteiger partial charge in [0.1, 0.15) is 23.7 Å². The van der Waals surface area contributed by atoms with Crippen LogP contribution in [0.15, 0.2) is 22.4 Å². The van der Waals surface area contributed by atoms with Crippen molar-refractivity contribution in [3.63, 3.8) is 0 Å². The van der Waals surface area contributed by atoms with Crippen molar-refractivity contribution in [2.45, 2.75) is 25.4 Å². The highest BCUT2D eigenvalue weighted by molar-refractivity contribution is 6.36. The molecule has 1 atom stereocenters. The molecule has 10 heteroatoms. The molecule has 0 unspecified atom stereocenters. The van der Waals surface area contributed by atoms with E-state index in [0.29, 0.717) is 5.82 Å². The van der Waals surface area contributed by atoms with E-state index in [-0.39, 0.29) is 65.4 Å². The van der Waals surface area contributed by atoms with Crippen molar-refractivity contribution in [2.24, 2.45) is 0 Å². The SMILES string of the molecule is Cc1noc(-c2cc(OCCO)c3c(c2Cl)O[C@]2(CCC(=O)C=C2O)C3=O)n1. The summed E-state index contributed by atoms with van der Waals surface area (Å²) in [5.74, 6) is -0.816. The Hall–Kier alpha value is -2.91. The number of carbonyl (C=O) groups is 2. The van der Waals surface area contributed by atoms with E-state index < -0.39 is 17.1 Å². The summed E-state index contributed by atoms with van der Waals surface area (Å²) in [5.41, 5.74) is -1.44. The standard InChI is InChI=1S/C18H15ClN2O7/c1-8-20-17(28-21-8)10-7-11(26-5-4-22)13-15(14(10)19)27-18(16(13)25)3-2-9(23)6-12(18)24/h6-7,22,24H,2-5H2,1H3/t18-/m0/s1. The van der Waals surface area contributed by atoms with E-state index in [2.05, 4.69) is 10.1 Å². The summed E-state index contributed by atoms with van der Waals surface area (Å²) in [7, 11) is 0. The summed E-state index contributed by atoms with van der Waals surface area (Å²) >= 11 is 6.47. The van der Waals surface area contributed by atoms with Crippen LogP contribution in [0.4, 0.5) is 0 Å². The second-order valence-electron chi connectivity index (χ2n) is 6.41. The van der Waals surface area contributed by atoms with Crippen LogP contribution < -0.4 is 9.47 Å². The second-order valence-corrected chi connectivity index (χ2v) is 6.79. The first-order valence-corrected chi connectivity index (χ1v) is 8.84. The van der Waals surface area contributed by atoms with Gasteiger partial charge in [0.15, 0.2) is 17.4 Å². The fourth-order valence-corrected chi connectivity index (χ4v) is 3.55. The minimum Gasteiger partial charge on any atom is -0.507 e. The maximum absolute atomic E-state index is 13.2. The zero-order chi connectivity index (χ0) is 20.1. The van der Waals surface area contributed by atoms with Crippen LogP contribution in [-0.2, 0) is 4.79 Å². The molecular weight excluding hydrogens is 392 g/mol. The number of benzene rings is 1. The molecule has 0 saturated carbocycles. The maximum atomic E-state index is 13.2. The van der Waals surface area contributed by atoms with Crippen molar-refractivity contribution in [1.29, 1.82) is 0 Å². The molecule has 28 heavy (non-hydrogen) atoms. The molecule has 1 aromatic carbocycles. The molecule has 2 aliphatic rings. The number of aliphatic hydroxyl groups is 2. The Bertz CT molecular complexity index is 1030. The number of rotatable bonds is 4. The first kappa shape index (κ1) is 18.5. The van der Waals surface area contributed by atoms with Gasteiger partial charge in [0.25, 0.3) is 5.89 Å². The number of ketones is 2. The molecule has 146 valence electrons. The summed E-state index contributed by atoms with van der Waals surface area (Å²) < 4.78 is 16.5. The van der Waals surface area contributed by atoms with E-state index in [1.165, 1.54) is 6.07 Å². The molecule has 0 saturated heterocycles. The minimum absolute atomic E-state index is 0.0118. The fraction of sp³-hybridized carbons (Fsp3) is 0.333. The second kappa shape index (κ2) is 6.61. The lowest BCUT2D eigenvalue weighted by Crippen LogP contribution is -2.45.